The number of hydrogen-bond acceptors (Lipinski definition) is 5. The number of benzene rings is 2. The fraction of sp³-hybridized carbons (Fsp3) is 0.111. The molecule has 1 heterocycles. The van der Waals surface area contributed by atoms with E-state index in [2.05, 4.69) is 32.1 Å². The van der Waals surface area contributed by atoms with Crippen LogP contribution >= 0.6 is 34.7 Å². The molecule has 0 fully saturated rings. The van der Waals surface area contributed by atoms with Crippen molar-refractivity contribution in [1.82, 2.24) is 14.7 Å². The fourth-order valence-electron chi connectivity index (χ4n) is 2.13. The number of anilines is 2. The molecule has 0 saturated carbocycles. The standard InChI is InChI=1S/C18H16Cl2N4S/c1-12(21-11-13-5-3-2-4-6-13)9-17-23-18(25-24-17)22-16-8-7-14(19)10-15(16)20/h2-10,21H,11H2,1H3,(H,22,23,24)/b12-9+. The highest BCUT2D eigenvalue weighted by molar-refractivity contribution is 7.09. The van der Waals surface area contributed by atoms with E-state index in [9.17, 15) is 0 Å². The molecule has 0 amide bonds. The molecular formula is C18H16Cl2N4S. The third-order valence-electron chi connectivity index (χ3n) is 3.37. The number of nitrogens with one attached hydrogen (secondary N) is 2. The normalized spacial score (nSPS) is 11.4. The van der Waals surface area contributed by atoms with Crippen molar-refractivity contribution in [3.8, 4) is 0 Å². The van der Waals surface area contributed by atoms with Crippen LogP contribution in [0.2, 0.25) is 10.0 Å². The molecule has 0 spiro atoms. The molecule has 7 heteroatoms. The first kappa shape index (κ1) is 17.7. The molecule has 0 unspecified atom stereocenters. The minimum Gasteiger partial charge on any atom is -0.384 e. The molecule has 0 aliphatic rings. The van der Waals surface area contributed by atoms with Crippen LogP contribution in [0.1, 0.15) is 18.3 Å². The molecule has 0 aliphatic carbocycles. The van der Waals surface area contributed by atoms with Crippen molar-refractivity contribution in [3.63, 3.8) is 0 Å². The van der Waals surface area contributed by atoms with Gasteiger partial charge in [-0.2, -0.15) is 9.36 Å². The predicted molar refractivity (Wildman–Crippen MR) is 107 cm³/mol. The molecule has 1 aromatic heterocycles. The molecule has 3 aromatic rings. The Kier molecular flexibility index (Phi) is 5.91. The van der Waals surface area contributed by atoms with Crippen LogP contribution in [-0.2, 0) is 6.54 Å². The van der Waals surface area contributed by atoms with E-state index in [1.807, 2.05) is 37.3 Å². The fourth-order valence-corrected chi connectivity index (χ4v) is 3.15. The molecular weight excluding hydrogens is 375 g/mol. The second-order valence-electron chi connectivity index (χ2n) is 5.37. The summed E-state index contributed by atoms with van der Waals surface area (Å²) >= 11 is 13.3. The van der Waals surface area contributed by atoms with Crippen molar-refractivity contribution in [2.75, 3.05) is 5.32 Å². The Labute approximate surface area is 160 Å². The van der Waals surface area contributed by atoms with Crippen LogP contribution in [0, 0.1) is 0 Å². The summed E-state index contributed by atoms with van der Waals surface area (Å²) in [4.78, 5) is 4.45. The van der Waals surface area contributed by atoms with E-state index < -0.39 is 0 Å². The first-order valence-corrected chi connectivity index (χ1v) is 9.15. The SMILES string of the molecule is C/C(=C\c1nsc(Nc2ccc(Cl)cc2Cl)n1)NCc1ccccc1. The van der Waals surface area contributed by atoms with Crippen LogP contribution in [0.3, 0.4) is 0 Å². The Balaban J connectivity index is 1.62. The Morgan fingerprint density at radius 1 is 1.16 bits per heavy atom. The Hall–Kier alpha value is -2.08. The summed E-state index contributed by atoms with van der Waals surface area (Å²) in [6.45, 7) is 2.76. The van der Waals surface area contributed by atoms with Crippen LogP contribution in [0.4, 0.5) is 10.8 Å². The van der Waals surface area contributed by atoms with Crippen molar-refractivity contribution >= 4 is 51.6 Å². The minimum absolute atomic E-state index is 0.542. The van der Waals surface area contributed by atoms with Gasteiger partial charge in [-0.3, -0.25) is 0 Å². The van der Waals surface area contributed by atoms with Gasteiger partial charge in [-0.05, 0) is 30.7 Å². The lowest BCUT2D eigenvalue weighted by molar-refractivity contribution is 0.817. The van der Waals surface area contributed by atoms with E-state index in [1.165, 1.54) is 17.1 Å². The molecule has 4 nitrogen and oxygen atoms in total. The van der Waals surface area contributed by atoms with E-state index in [0.717, 1.165) is 17.9 Å². The van der Waals surface area contributed by atoms with E-state index in [-0.39, 0.29) is 0 Å². The third kappa shape index (κ3) is 5.19. The highest BCUT2D eigenvalue weighted by Gasteiger charge is 2.06. The monoisotopic (exact) mass is 390 g/mol. The number of rotatable bonds is 6. The predicted octanol–water partition coefficient (Wildman–Crippen LogP) is 5.74. The zero-order chi connectivity index (χ0) is 17.6. The summed E-state index contributed by atoms with van der Waals surface area (Å²) in [5, 5.41) is 8.32. The third-order valence-corrected chi connectivity index (χ3v) is 4.57. The van der Waals surface area contributed by atoms with Crippen LogP contribution in [-0.4, -0.2) is 9.36 Å². The lowest BCUT2D eigenvalue weighted by Crippen LogP contribution is -2.10. The lowest BCUT2D eigenvalue weighted by Gasteiger charge is -2.05. The highest BCUT2D eigenvalue weighted by atomic mass is 35.5. The van der Waals surface area contributed by atoms with E-state index >= 15 is 0 Å². The van der Waals surface area contributed by atoms with Gasteiger partial charge in [0.05, 0.1) is 10.7 Å². The maximum Gasteiger partial charge on any atom is 0.207 e. The average Bonchev–Trinajstić information content (AvgIpc) is 3.03. The van der Waals surface area contributed by atoms with Crippen molar-refractivity contribution in [3.05, 3.63) is 75.7 Å². The molecule has 0 radical (unpaired) electrons. The lowest BCUT2D eigenvalue weighted by atomic mass is 10.2. The average molecular weight is 391 g/mol. The van der Waals surface area contributed by atoms with Crippen LogP contribution in [0.5, 0.6) is 0 Å². The highest BCUT2D eigenvalue weighted by Crippen LogP contribution is 2.28. The molecule has 2 N–H and O–H groups in total. The Morgan fingerprint density at radius 3 is 2.72 bits per heavy atom. The van der Waals surface area contributed by atoms with E-state index in [0.29, 0.717) is 21.0 Å². The van der Waals surface area contributed by atoms with Gasteiger partial charge in [0.2, 0.25) is 5.13 Å². The second kappa shape index (κ2) is 8.34. The van der Waals surface area contributed by atoms with E-state index in [4.69, 9.17) is 23.2 Å². The van der Waals surface area contributed by atoms with Crippen LogP contribution in [0.15, 0.2) is 54.2 Å². The van der Waals surface area contributed by atoms with Crippen molar-refractivity contribution in [2.24, 2.45) is 0 Å². The van der Waals surface area contributed by atoms with Gasteiger partial charge in [0, 0.05) is 34.9 Å². The van der Waals surface area contributed by atoms with Crippen molar-refractivity contribution < 1.29 is 0 Å². The summed E-state index contributed by atoms with van der Waals surface area (Å²) in [6.07, 6.45) is 1.91. The van der Waals surface area contributed by atoms with Gasteiger partial charge in [-0.15, -0.1) is 0 Å². The van der Waals surface area contributed by atoms with Gasteiger partial charge in [-0.25, -0.2) is 0 Å². The van der Waals surface area contributed by atoms with Gasteiger partial charge < -0.3 is 10.6 Å². The van der Waals surface area contributed by atoms with Crippen molar-refractivity contribution in [1.29, 1.82) is 0 Å². The summed E-state index contributed by atoms with van der Waals surface area (Å²) < 4.78 is 4.34. The molecule has 0 bridgehead atoms. The topological polar surface area (TPSA) is 49.8 Å². The Bertz CT molecular complexity index is 878. The van der Waals surface area contributed by atoms with Gasteiger partial charge in [0.25, 0.3) is 0 Å². The van der Waals surface area contributed by atoms with Gasteiger partial charge >= 0.3 is 0 Å². The molecule has 0 aliphatic heterocycles. The zero-order valence-corrected chi connectivity index (χ0v) is 15.8. The molecule has 0 atom stereocenters. The maximum atomic E-state index is 6.16. The zero-order valence-electron chi connectivity index (χ0n) is 13.5. The second-order valence-corrected chi connectivity index (χ2v) is 6.97. The Morgan fingerprint density at radius 2 is 1.96 bits per heavy atom. The van der Waals surface area contributed by atoms with Gasteiger partial charge in [-0.1, -0.05) is 53.5 Å². The summed E-state index contributed by atoms with van der Waals surface area (Å²) in [5.41, 5.74) is 2.97. The largest absolute Gasteiger partial charge is 0.384 e. The smallest absolute Gasteiger partial charge is 0.207 e. The molecule has 25 heavy (non-hydrogen) atoms. The molecule has 0 saturated heterocycles. The molecule has 2 aromatic carbocycles. The minimum atomic E-state index is 0.542. The van der Waals surface area contributed by atoms with Gasteiger partial charge in [0.1, 0.15) is 0 Å². The first-order chi connectivity index (χ1) is 12.1. The quantitative estimate of drug-likeness (QED) is 0.563. The molecule has 128 valence electrons. The number of allylic oxidation sites excluding steroid dienone is 1. The van der Waals surface area contributed by atoms with Crippen LogP contribution < -0.4 is 10.6 Å². The maximum absolute atomic E-state index is 6.16. The summed E-state index contributed by atoms with van der Waals surface area (Å²) in [7, 11) is 0. The molecule has 3 rings (SSSR count). The number of hydrogen-bond donors (Lipinski definition) is 2. The van der Waals surface area contributed by atoms with E-state index in [1.54, 1.807) is 12.1 Å². The number of aromatic nitrogens is 2. The number of nitrogens with zero attached hydrogens (tertiary/aromatic N) is 2. The van der Waals surface area contributed by atoms with Gasteiger partial charge in [0.15, 0.2) is 5.82 Å². The van der Waals surface area contributed by atoms with Crippen LogP contribution in [0.25, 0.3) is 6.08 Å². The number of halogens is 2. The first-order valence-electron chi connectivity index (χ1n) is 7.62. The summed E-state index contributed by atoms with van der Waals surface area (Å²) in [6, 6.07) is 15.5. The van der Waals surface area contributed by atoms with Crippen molar-refractivity contribution in [2.45, 2.75) is 13.5 Å². The summed E-state index contributed by atoms with van der Waals surface area (Å²) in [5.74, 6) is 0.649.